The van der Waals surface area contributed by atoms with E-state index in [2.05, 4.69) is 299 Å². The van der Waals surface area contributed by atoms with E-state index in [-0.39, 0.29) is 5.41 Å². The van der Waals surface area contributed by atoms with Crippen molar-refractivity contribution in [2.45, 2.75) is 92.9 Å². The Morgan fingerprint density at radius 1 is 0.392 bits per heavy atom. The summed E-state index contributed by atoms with van der Waals surface area (Å²) in [5.74, 6) is 0.709. The highest BCUT2D eigenvalue weighted by atomic mass is 14.4. The van der Waals surface area contributed by atoms with E-state index in [0.29, 0.717) is 5.92 Å². The Hall–Kier alpha value is -7.80. The SMILES string of the molecule is CCC(C)c1ccccc1.CCCc1ccc2c(c1)-c1c(c3ccccc3c3ccccc13)C2(C)C.Cc1ccc(-c2ccc(C)cc2)cc1.Cc1ccc(-c2ccccc2)cc1.Cc1cccc2ccccc12. The molecule has 0 heterocycles. The Labute approximate surface area is 443 Å². The van der Waals surface area contributed by atoms with Gasteiger partial charge in [-0.25, -0.2) is 0 Å². The number of aryl methyl sites for hydroxylation is 5. The second-order valence-corrected chi connectivity index (χ2v) is 20.6. The third-order valence-corrected chi connectivity index (χ3v) is 14.7. The minimum atomic E-state index is 0.0268. The summed E-state index contributed by atoms with van der Waals surface area (Å²) in [5, 5.41) is 8.21. The molecular formula is C74H74. The molecule has 0 saturated heterocycles. The van der Waals surface area contributed by atoms with Gasteiger partial charge in [-0.1, -0.05) is 300 Å². The highest BCUT2D eigenvalue weighted by molar-refractivity contribution is 6.18. The molecule has 0 spiro atoms. The molecule has 1 unspecified atom stereocenters. The normalized spacial score (nSPS) is 12.1. The first-order valence-electron chi connectivity index (χ1n) is 26.8. The van der Waals surface area contributed by atoms with Gasteiger partial charge in [0.1, 0.15) is 0 Å². The monoisotopic (exact) mass is 963 g/mol. The molecule has 0 bridgehead atoms. The quantitative estimate of drug-likeness (QED) is 0.146. The van der Waals surface area contributed by atoms with E-state index in [1.807, 2.05) is 6.07 Å². The van der Waals surface area contributed by atoms with Crippen LogP contribution in [-0.4, -0.2) is 0 Å². The first-order valence-corrected chi connectivity index (χ1v) is 26.8. The predicted octanol–water partition coefficient (Wildman–Crippen LogP) is 21.2. The summed E-state index contributed by atoms with van der Waals surface area (Å²) in [7, 11) is 0. The maximum Gasteiger partial charge on any atom is 0.0165 e. The molecule has 11 aromatic carbocycles. The van der Waals surface area contributed by atoms with Crippen molar-refractivity contribution in [3.8, 4) is 33.4 Å². The third kappa shape index (κ3) is 12.5. The summed E-state index contributed by atoms with van der Waals surface area (Å²) in [4.78, 5) is 0. The number of hydrogen-bond donors (Lipinski definition) is 0. The van der Waals surface area contributed by atoms with E-state index < -0.39 is 0 Å². The van der Waals surface area contributed by atoms with E-state index in [1.54, 1.807) is 0 Å². The molecule has 0 amide bonds. The largest absolute Gasteiger partial charge is 0.0651 e. The van der Waals surface area contributed by atoms with E-state index in [4.69, 9.17) is 0 Å². The van der Waals surface area contributed by atoms with Gasteiger partial charge in [0.25, 0.3) is 0 Å². The minimum Gasteiger partial charge on any atom is -0.0651 e. The molecule has 1 atom stereocenters. The van der Waals surface area contributed by atoms with Crippen molar-refractivity contribution in [3.05, 3.63) is 287 Å². The standard InChI is InChI=1S/C26H24.C14H14.C13H12.C11H10.C10H14/c1-4-9-17-14-15-23-22(16-17)24-20-12-7-5-10-18(20)19-11-6-8-13-21(19)25(24)26(23,2)3;1-11-3-7-13(8-4-11)14-9-5-12(2)6-10-14;1-11-7-9-13(10-8-11)12-5-3-2-4-6-12;1-9-5-4-7-10-6-2-3-8-11(9)10;1-3-9(2)10-7-5-4-6-8-10/h5-8,10-16H,4,9H2,1-3H3;3-10H,1-2H3;2-10H,1H3;2-8H,1H3;4-9H,3H2,1-2H3. The van der Waals surface area contributed by atoms with Gasteiger partial charge in [-0.2, -0.15) is 0 Å². The molecule has 0 N–H and O–H groups in total. The van der Waals surface area contributed by atoms with Gasteiger partial charge in [-0.05, 0) is 140 Å². The van der Waals surface area contributed by atoms with Crippen molar-refractivity contribution in [3.63, 3.8) is 0 Å². The van der Waals surface area contributed by atoms with Crippen molar-refractivity contribution in [1.82, 2.24) is 0 Å². The Morgan fingerprint density at radius 3 is 1.34 bits per heavy atom. The lowest BCUT2D eigenvalue weighted by atomic mass is 9.79. The van der Waals surface area contributed by atoms with E-state index >= 15 is 0 Å². The average molecular weight is 963 g/mol. The number of benzene rings is 11. The Kier molecular flexibility index (Phi) is 17.6. The smallest absolute Gasteiger partial charge is 0.0165 e. The van der Waals surface area contributed by atoms with Gasteiger partial charge in [0, 0.05) is 5.41 Å². The molecule has 0 nitrogen and oxygen atoms in total. The van der Waals surface area contributed by atoms with Crippen molar-refractivity contribution in [2.75, 3.05) is 0 Å². The van der Waals surface area contributed by atoms with Gasteiger partial charge >= 0.3 is 0 Å². The van der Waals surface area contributed by atoms with E-state index in [9.17, 15) is 0 Å². The van der Waals surface area contributed by atoms with Gasteiger partial charge in [0.15, 0.2) is 0 Å². The molecule has 74 heavy (non-hydrogen) atoms. The highest BCUT2D eigenvalue weighted by Crippen LogP contribution is 2.54. The molecule has 11 aromatic rings. The summed E-state index contributed by atoms with van der Waals surface area (Å²) in [6.45, 7) is 20.0. The Morgan fingerprint density at radius 2 is 0.824 bits per heavy atom. The van der Waals surface area contributed by atoms with Crippen LogP contribution in [0.4, 0.5) is 0 Å². The van der Waals surface area contributed by atoms with Crippen molar-refractivity contribution in [2.24, 2.45) is 0 Å². The molecule has 0 radical (unpaired) electrons. The summed E-state index contributed by atoms with van der Waals surface area (Å²) in [6.07, 6.45) is 3.56. The summed E-state index contributed by atoms with van der Waals surface area (Å²) in [5.41, 5.74) is 19.2. The maximum absolute atomic E-state index is 2.45. The molecule has 0 heteroatoms. The third-order valence-electron chi connectivity index (χ3n) is 14.7. The number of hydrogen-bond acceptors (Lipinski definition) is 0. The molecule has 0 aromatic heterocycles. The maximum atomic E-state index is 2.45. The fraction of sp³-hybridized carbons (Fsp3) is 0.189. The van der Waals surface area contributed by atoms with Gasteiger partial charge in [0.05, 0.1) is 0 Å². The zero-order valence-corrected chi connectivity index (χ0v) is 45.3. The first-order chi connectivity index (χ1) is 36.0. The van der Waals surface area contributed by atoms with Gasteiger partial charge in [-0.15, -0.1) is 0 Å². The lowest BCUT2D eigenvalue weighted by Gasteiger charge is -2.24. The van der Waals surface area contributed by atoms with Gasteiger partial charge in [-0.3, -0.25) is 0 Å². The Bertz CT molecular complexity index is 3470. The predicted molar refractivity (Wildman–Crippen MR) is 325 cm³/mol. The van der Waals surface area contributed by atoms with Crippen LogP contribution in [0.1, 0.15) is 97.9 Å². The molecule has 12 rings (SSSR count). The molecule has 0 fully saturated rings. The molecule has 370 valence electrons. The molecule has 1 aliphatic carbocycles. The lowest BCUT2D eigenvalue weighted by Crippen LogP contribution is -2.15. The molecule has 1 aliphatic rings. The van der Waals surface area contributed by atoms with Crippen molar-refractivity contribution in [1.29, 1.82) is 0 Å². The van der Waals surface area contributed by atoms with Crippen LogP contribution in [0, 0.1) is 27.7 Å². The van der Waals surface area contributed by atoms with Crippen LogP contribution in [0.25, 0.3) is 65.7 Å². The van der Waals surface area contributed by atoms with Crippen LogP contribution in [0.3, 0.4) is 0 Å². The Balaban J connectivity index is 0.000000131. The first kappa shape index (κ1) is 52.5. The van der Waals surface area contributed by atoms with Crippen molar-refractivity contribution >= 4 is 32.3 Å². The summed E-state index contributed by atoms with van der Waals surface area (Å²) < 4.78 is 0. The van der Waals surface area contributed by atoms with E-state index in [1.165, 1.54) is 123 Å². The second kappa shape index (κ2) is 24.8. The summed E-state index contributed by atoms with van der Waals surface area (Å²) in [6, 6.07) is 86.8. The van der Waals surface area contributed by atoms with Crippen LogP contribution in [-0.2, 0) is 11.8 Å². The van der Waals surface area contributed by atoms with Crippen molar-refractivity contribution < 1.29 is 0 Å². The van der Waals surface area contributed by atoms with Crippen LogP contribution in [0.15, 0.2) is 243 Å². The highest BCUT2D eigenvalue weighted by Gasteiger charge is 2.38. The fourth-order valence-electron chi connectivity index (χ4n) is 10.3. The summed E-state index contributed by atoms with van der Waals surface area (Å²) >= 11 is 0. The van der Waals surface area contributed by atoms with Crippen LogP contribution >= 0.6 is 0 Å². The average Bonchev–Trinajstić information content (AvgIpc) is 3.71. The zero-order chi connectivity index (χ0) is 52.0. The zero-order valence-electron chi connectivity index (χ0n) is 45.3. The van der Waals surface area contributed by atoms with Gasteiger partial charge < -0.3 is 0 Å². The van der Waals surface area contributed by atoms with E-state index in [0.717, 1.165) is 6.42 Å². The molecule has 0 aliphatic heterocycles. The van der Waals surface area contributed by atoms with Crippen LogP contribution < -0.4 is 0 Å². The topological polar surface area (TPSA) is 0 Å². The molecule has 0 saturated carbocycles. The van der Waals surface area contributed by atoms with Gasteiger partial charge in [0.2, 0.25) is 0 Å². The fourth-order valence-corrected chi connectivity index (χ4v) is 10.3. The second-order valence-electron chi connectivity index (χ2n) is 20.6. The minimum absolute atomic E-state index is 0.0268. The number of fused-ring (bicyclic) bond motifs is 9. The number of rotatable bonds is 6. The lowest BCUT2D eigenvalue weighted by molar-refractivity contribution is 0.666. The van der Waals surface area contributed by atoms with Crippen LogP contribution in [0.2, 0.25) is 0 Å². The molecular weight excluding hydrogens is 889 g/mol. The van der Waals surface area contributed by atoms with Crippen LogP contribution in [0.5, 0.6) is 0 Å².